The zero-order chi connectivity index (χ0) is 24.7. The van der Waals surface area contributed by atoms with Crippen molar-refractivity contribution < 1.29 is 22.7 Å². The van der Waals surface area contributed by atoms with Crippen LogP contribution in [-0.4, -0.2) is 33.2 Å². The number of benzene rings is 2. The molecular formula is C28H29NO5S. The average Bonchev–Trinajstić information content (AvgIpc) is 3.10. The molecule has 7 heteroatoms. The smallest absolute Gasteiger partial charge is 0.337 e. The van der Waals surface area contributed by atoms with E-state index in [1.54, 1.807) is 19.3 Å². The normalized spacial score (nSPS) is 16.1. The van der Waals surface area contributed by atoms with Crippen LogP contribution in [0.4, 0.5) is 0 Å². The molecule has 0 amide bonds. The maximum Gasteiger partial charge on any atom is 0.337 e. The second-order valence-corrected chi connectivity index (χ2v) is 11.1. The van der Waals surface area contributed by atoms with Crippen LogP contribution < -0.4 is 4.74 Å². The van der Waals surface area contributed by atoms with Gasteiger partial charge in [0.05, 0.1) is 36.9 Å². The molecule has 3 aromatic rings. The van der Waals surface area contributed by atoms with Crippen LogP contribution in [0.5, 0.6) is 5.75 Å². The molecule has 5 rings (SSSR count). The second-order valence-electron chi connectivity index (χ2n) is 9.18. The number of ether oxygens (including phenoxy) is 2. The monoisotopic (exact) mass is 491 g/mol. The third-order valence-corrected chi connectivity index (χ3v) is 8.68. The van der Waals surface area contributed by atoms with Gasteiger partial charge in [0.2, 0.25) is 0 Å². The third-order valence-electron chi connectivity index (χ3n) is 7.27. The lowest BCUT2D eigenvalue weighted by Crippen LogP contribution is -2.10. The summed E-state index contributed by atoms with van der Waals surface area (Å²) in [6.45, 7) is 3.70. The van der Waals surface area contributed by atoms with E-state index in [4.69, 9.17) is 9.47 Å². The van der Waals surface area contributed by atoms with Crippen molar-refractivity contribution in [1.82, 2.24) is 4.57 Å². The highest BCUT2D eigenvalue weighted by Crippen LogP contribution is 2.47. The number of methoxy groups -OCH3 is 2. The lowest BCUT2D eigenvalue weighted by molar-refractivity contribution is 0.0601. The first-order chi connectivity index (χ1) is 16.9. The fourth-order valence-electron chi connectivity index (χ4n) is 5.54. The molecule has 2 aromatic carbocycles. The van der Waals surface area contributed by atoms with E-state index in [9.17, 15) is 13.2 Å². The van der Waals surface area contributed by atoms with Crippen molar-refractivity contribution in [3.8, 4) is 17.0 Å². The zero-order valence-corrected chi connectivity index (χ0v) is 20.9. The predicted molar refractivity (Wildman–Crippen MR) is 138 cm³/mol. The molecule has 2 aliphatic rings. The minimum atomic E-state index is -3.69. The summed E-state index contributed by atoms with van der Waals surface area (Å²) in [5, 5.41) is 2.05. The molecule has 0 spiro atoms. The summed E-state index contributed by atoms with van der Waals surface area (Å²) in [6.07, 6.45) is 7.46. The summed E-state index contributed by atoms with van der Waals surface area (Å²) in [5.41, 5.74) is 5.25. The van der Waals surface area contributed by atoms with Crippen LogP contribution in [0.25, 0.3) is 28.2 Å². The minimum Gasteiger partial charge on any atom is -0.497 e. The van der Waals surface area contributed by atoms with E-state index in [1.165, 1.54) is 31.9 Å². The van der Waals surface area contributed by atoms with Crippen LogP contribution in [0.3, 0.4) is 0 Å². The van der Waals surface area contributed by atoms with E-state index in [0.29, 0.717) is 17.2 Å². The minimum absolute atomic E-state index is 0.147. The SMILES string of the molecule is C=CS(=O)(=O)C1=Cc2cc(OC)ccc2-c2c(C3CCCCC3)c3ccc(C(=O)OC)cc3n2C1. The van der Waals surface area contributed by atoms with Gasteiger partial charge >= 0.3 is 5.97 Å². The van der Waals surface area contributed by atoms with Crippen molar-refractivity contribution in [1.29, 1.82) is 0 Å². The maximum atomic E-state index is 13.0. The van der Waals surface area contributed by atoms with Crippen LogP contribution >= 0.6 is 0 Å². The van der Waals surface area contributed by atoms with Gasteiger partial charge in [-0.2, -0.15) is 0 Å². The van der Waals surface area contributed by atoms with Crippen molar-refractivity contribution in [2.75, 3.05) is 14.2 Å². The molecule has 0 N–H and O–H groups in total. The fourth-order valence-corrected chi connectivity index (χ4v) is 6.35. The number of hydrogen-bond donors (Lipinski definition) is 0. The molecule has 182 valence electrons. The summed E-state index contributed by atoms with van der Waals surface area (Å²) in [6, 6.07) is 11.4. The lowest BCUT2D eigenvalue weighted by Gasteiger charge is -2.24. The van der Waals surface area contributed by atoms with E-state index in [-0.39, 0.29) is 11.4 Å². The molecular weight excluding hydrogens is 462 g/mol. The highest BCUT2D eigenvalue weighted by Gasteiger charge is 2.31. The van der Waals surface area contributed by atoms with Gasteiger partial charge in [-0.15, -0.1) is 0 Å². The number of rotatable bonds is 5. The van der Waals surface area contributed by atoms with E-state index in [2.05, 4.69) is 11.1 Å². The molecule has 0 unspecified atom stereocenters. The van der Waals surface area contributed by atoms with Crippen molar-refractivity contribution in [3.63, 3.8) is 0 Å². The summed E-state index contributed by atoms with van der Waals surface area (Å²) >= 11 is 0. The lowest BCUT2D eigenvalue weighted by atomic mass is 9.81. The molecule has 1 fully saturated rings. The van der Waals surface area contributed by atoms with Crippen LogP contribution in [0.2, 0.25) is 0 Å². The van der Waals surface area contributed by atoms with Crippen molar-refractivity contribution in [2.45, 2.75) is 44.6 Å². The van der Waals surface area contributed by atoms with Gasteiger partial charge in [-0.3, -0.25) is 0 Å². The molecule has 0 saturated heterocycles. The van der Waals surface area contributed by atoms with Crippen molar-refractivity contribution in [2.24, 2.45) is 0 Å². The van der Waals surface area contributed by atoms with E-state index in [0.717, 1.165) is 46.0 Å². The Balaban J connectivity index is 1.88. The van der Waals surface area contributed by atoms with Crippen LogP contribution in [0.15, 0.2) is 53.3 Å². The Morgan fingerprint density at radius 3 is 2.54 bits per heavy atom. The number of allylic oxidation sites excluding steroid dienone is 1. The Hall–Kier alpha value is -3.32. The number of sulfone groups is 1. The predicted octanol–water partition coefficient (Wildman–Crippen LogP) is 6.06. The Labute approximate surface area is 205 Å². The number of carbonyl (C=O) groups excluding carboxylic acids is 1. The molecule has 6 nitrogen and oxygen atoms in total. The van der Waals surface area contributed by atoms with E-state index >= 15 is 0 Å². The number of hydrogen-bond acceptors (Lipinski definition) is 5. The van der Waals surface area contributed by atoms with Gasteiger partial charge in [0.15, 0.2) is 9.84 Å². The van der Waals surface area contributed by atoms with Crippen LogP contribution in [0.1, 0.15) is 59.5 Å². The highest BCUT2D eigenvalue weighted by molar-refractivity contribution is 7.98. The number of esters is 1. The number of carbonyl (C=O) groups is 1. The maximum absolute atomic E-state index is 13.0. The van der Waals surface area contributed by atoms with E-state index < -0.39 is 15.8 Å². The van der Waals surface area contributed by atoms with Gasteiger partial charge in [-0.05, 0) is 66.3 Å². The zero-order valence-electron chi connectivity index (χ0n) is 20.0. The molecule has 0 atom stereocenters. The summed E-state index contributed by atoms with van der Waals surface area (Å²) in [5.74, 6) is 0.598. The van der Waals surface area contributed by atoms with Gasteiger partial charge < -0.3 is 14.0 Å². The first-order valence-corrected chi connectivity index (χ1v) is 13.4. The Kier molecular flexibility index (Phi) is 6.05. The summed E-state index contributed by atoms with van der Waals surface area (Å²) in [7, 11) is -0.733. The van der Waals surface area contributed by atoms with Crippen LogP contribution in [-0.2, 0) is 21.1 Å². The third kappa shape index (κ3) is 3.97. The largest absolute Gasteiger partial charge is 0.497 e. The number of aromatic nitrogens is 1. The van der Waals surface area contributed by atoms with Crippen molar-refractivity contribution in [3.05, 3.63) is 70.0 Å². The quantitative estimate of drug-likeness (QED) is 0.405. The van der Waals surface area contributed by atoms with Crippen molar-refractivity contribution >= 4 is 32.8 Å². The van der Waals surface area contributed by atoms with Gasteiger partial charge in [-0.25, -0.2) is 13.2 Å². The highest BCUT2D eigenvalue weighted by atomic mass is 32.2. The Morgan fingerprint density at radius 2 is 1.86 bits per heavy atom. The molecule has 35 heavy (non-hydrogen) atoms. The molecule has 1 saturated carbocycles. The molecule has 0 radical (unpaired) electrons. The molecule has 1 aliphatic heterocycles. The Morgan fingerprint density at radius 1 is 1.09 bits per heavy atom. The Bertz CT molecular complexity index is 1470. The van der Waals surface area contributed by atoms with Gasteiger partial charge in [0.25, 0.3) is 0 Å². The molecule has 0 bridgehead atoms. The number of fused-ring (bicyclic) bond motifs is 5. The summed E-state index contributed by atoms with van der Waals surface area (Å²) in [4.78, 5) is 12.6. The van der Waals surface area contributed by atoms with Gasteiger partial charge in [0, 0.05) is 21.9 Å². The van der Waals surface area contributed by atoms with Gasteiger partial charge in [-0.1, -0.05) is 31.9 Å². The first-order valence-electron chi connectivity index (χ1n) is 11.9. The topological polar surface area (TPSA) is 74.6 Å². The average molecular weight is 492 g/mol. The molecule has 1 aliphatic carbocycles. The number of nitrogens with zero attached hydrogens (tertiary/aromatic N) is 1. The van der Waals surface area contributed by atoms with Crippen LogP contribution in [0, 0.1) is 0 Å². The fraction of sp³-hybridized carbons (Fsp3) is 0.321. The summed E-state index contributed by atoms with van der Waals surface area (Å²) < 4.78 is 38.6. The standard InChI is InChI=1S/C28H29NO5S/c1-4-35(31,32)22-15-20-14-21(33-2)11-13-23(20)27-26(18-8-6-5-7-9-18)24-12-10-19(28(30)34-3)16-25(24)29(27)17-22/h4,10-16,18H,1,5-9,17H2,2-3H3. The second kappa shape index (κ2) is 9.04. The first kappa shape index (κ1) is 23.4. The van der Waals surface area contributed by atoms with E-state index in [1.807, 2.05) is 30.3 Å². The molecule has 1 aromatic heterocycles. The molecule has 2 heterocycles. The van der Waals surface area contributed by atoms with Gasteiger partial charge in [0.1, 0.15) is 5.75 Å².